The van der Waals surface area contributed by atoms with E-state index in [0.29, 0.717) is 11.9 Å². The summed E-state index contributed by atoms with van der Waals surface area (Å²) >= 11 is 2.37. The molecule has 0 amide bonds. The van der Waals surface area contributed by atoms with Crippen molar-refractivity contribution in [1.82, 2.24) is 14.5 Å². The number of halogens is 1. The number of aromatic nitrogens is 3. The van der Waals surface area contributed by atoms with Crippen LogP contribution in [0.3, 0.4) is 0 Å². The summed E-state index contributed by atoms with van der Waals surface area (Å²) in [6.07, 6.45) is 5.35. The first-order chi connectivity index (χ1) is 17.7. The third-order valence-corrected chi connectivity index (χ3v) is 8.77. The molecule has 9 heteroatoms. The van der Waals surface area contributed by atoms with Gasteiger partial charge in [0.2, 0.25) is 0 Å². The fourth-order valence-electron chi connectivity index (χ4n) is 5.11. The topological polar surface area (TPSA) is 76.2 Å². The molecule has 1 saturated heterocycles. The largest absolute Gasteiger partial charge is 0.486 e. The lowest BCUT2D eigenvalue weighted by atomic mass is 9.88. The summed E-state index contributed by atoms with van der Waals surface area (Å²) in [5.41, 5.74) is 6.21. The van der Waals surface area contributed by atoms with Crippen LogP contribution in [0.1, 0.15) is 35.6 Å². The van der Waals surface area contributed by atoms with Crippen LogP contribution in [0.5, 0.6) is 5.75 Å². The number of anilines is 1. The summed E-state index contributed by atoms with van der Waals surface area (Å²) < 4.78 is 14.1. The molecule has 0 N–H and O–H groups in total. The standard InChI is InChI=1S/C27H25IN5O2P/c28-36-33-24-7-5-21(35-25-3-1-2-19-14-18(17-29)4-6-22(19)25)16-23(24)27(31-33)20-8-9-30-26(15-20)32-10-12-34-13-11-32/h4-9,14-16,25,36H,1-3,10-13H2. The van der Waals surface area contributed by atoms with E-state index in [0.717, 1.165) is 79.3 Å². The van der Waals surface area contributed by atoms with Crippen molar-refractivity contribution in [2.45, 2.75) is 25.4 Å². The van der Waals surface area contributed by atoms with Crippen molar-refractivity contribution in [3.05, 3.63) is 71.4 Å². The first-order valence-corrected chi connectivity index (χ1v) is 16.2. The molecule has 2 aliphatic rings. The van der Waals surface area contributed by atoms with Crippen LogP contribution in [0.2, 0.25) is 0 Å². The molecule has 36 heavy (non-hydrogen) atoms. The minimum absolute atomic E-state index is 0.0160. The molecule has 2 atom stereocenters. The lowest BCUT2D eigenvalue weighted by Crippen LogP contribution is -2.36. The van der Waals surface area contributed by atoms with E-state index in [-0.39, 0.29) is 6.10 Å². The molecule has 0 spiro atoms. The lowest BCUT2D eigenvalue weighted by Gasteiger charge is -2.27. The Morgan fingerprint density at radius 3 is 2.83 bits per heavy atom. The summed E-state index contributed by atoms with van der Waals surface area (Å²) in [6.45, 7) is 3.14. The minimum Gasteiger partial charge on any atom is -0.486 e. The van der Waals surface area contributed by atoms with Gasteiger partial charge in [-0.1, -0.05) is 6.07 Å². The average molecular weight is 609 g/mol. The number of fused-ring (bicyclic) bond motifs is 2. The van der Waals surface area contributed by atoms with E-state index in [1.807, 2.05) is 30.5 Å². The van der Waals surface area contributed by atoms with Crippen molar-refractivity contribution < 1.29 is 9.47 Å². The van der Waals surface area contributed by atoms with E-state index in [4.69, 9.17) is 14.6 Å². The second-order valence-electron chi connectivity index (χ2n) is 9.05. The maximum Gasteiger partial charge on any atom is 0.129 e. The molecule has 1 aliphatic carbocycles. The van der Waals surface area contributed by atoms with Gasteiger partial charge in [0.05, 0.1) is 36.7 Å². The Bertz CT molecular complexity index is 1460. The van der Waals surface area contributed by atoms with E-state index in [2.05, 4.69) is 66.7 Å². The zero-order chi connectivity index (χ0) is 24.5. The molecule has 182 valence electrons. The van der Waals surface area contributed by atoms with Gasteiger partial charge in [-0.15, -0.1) is 0 Å². The zero-order valence-electron chi connectivity index (χ0n) is 19.7. The van der Waals surface area contributed by atoms with Gasteiger partial charge in [-0.05, 0) is 94.9 Å². The quantitative estimate of drug-likeness (QED) is 0.203. The van der Waals surface area contributed by atoms with Crippen LogP contribution in [0.25, 0.3) is 22.2 Å². The van der Waals surface area contributed by atoms with Crippen LogP contribution >= 0.6 is 28.4 Å². The Morgan fingerprint density at radius 2 is 2.00 bits per heavy atom. The highest BCUT2D eigenvalue weighted by molar-refractivity contribution is 14.2. The number of rotatable bonds is 5. The van der Waals surface area contributed by atoms with Crippen LogP contribution < -0.4 is 9.64 Å². The van der Waals surface area contributed by atoms with Crippen molar-refractivity contribution >= 4 is 45.1 Å². The highest BCUT2D eigenvalue weighted by Crippen LogP contribution is 2.39. The Morgan fingerprint density at radius 1 is 1.11 bits per heavy atom. The predicted molar refractivity (Wildman–Crippen MR) is 151 cm³/mol. The molecule has 6 rings (SSSR count). The molecule has 1 fully saturated rings. The number of morpholine rings is 1. The average Bonchev–Trinajstić information content (AvgIpc) is 3.31. The van der Waals surface area contributed by atoms with Gasteiger partial charge in [-0.2, -0.15) is 10.4 Å². The van der Waals surface area contributed by atoms with Crippen molar-refractivity contribution in [3.8, 4) is 23.1 Å². The first kappa shape index (κ1) is 23.7. The highest BCUT2D eigenvalue weighted by atomic mass is 127. The molecular formula is C27H25IN5O2P. The molecule has 0 bridgehead atoms. The number of hydrogen-bond acceptors (Lipinski definition) is 6. The second kappa shape index (κ2) is 10.3. The van der Waals surface area contributed by atoms with Gasteiger partial charge >= 0.3 is 0 Å². The van der Waals surface area contributed by atoms with Crippen molar-refractivity contribution in [2.24, 2.45) is 0 Å². The van der Waals surface area contributed by atoms with Crippen LogP contribution in [0.4, 0.5) is 5.82 Å². The smallest absolute Gasteiger partial charge is 0.129 e. The van der Waals surface area contributed by atoms with E-state index < -0.39 is 0 Å². The van der Waals surface area contributed by atoms with Gasteiger partial charge in [0.1, 0.15) is 23.4 Å². The summed E-state index contributed by atoms with van der Waals surface area (Å²) in [4.78, 5) is 6.88. The maximum absolute atomic E-state index is 9.27. The number of benzene rings is 2. The Labute approximate surface area is 224 Å². The molecule has 2 aromatic carbocycles. The highest BCUT2D eigenvalue weighted by Gasteiger charge is 2.23. The van der Waals surface area contributed by atoms with E-state index in [1.165, 1.54) is 11.1 Å². The van der Waals surface area contributed by atoms with Gasteiger partial charge in [-0.25, -0.2) is 9.44 Å². The third kappa shape index (κ3) is 4.56. The van der Waals surface area contributed by atoms with Gasteiger partial charge in [-0.3, -0.25) is 0 Å². The van der Waals surface area contributed by atoms with Gasteiger partial charge in [0, 0.05) is 30.2 Å². The summed E-state index contributed by atoms with van der Waals surface area (Å²) in [7, 11) is 0. The molecule has 2 aromatic heterocycles. The molecule has 2 unspecified atom stereocenters. The van der Waals surface area contributed by atoms with Gasteiger partial charge in [0.15, 0.2) is 0 Å². The number of aryl methyl sites for hydroxylation is 1. The number of nitrogens with zero attached hydrogens (tertiary/aromatic N) is 5. The first-order valence-electron chi connectivity index (χ1n) is 12.1. The van der Waals surface area contributed by atoms with Crippen LogP contribution in [-0.2, 0) is 11.2 Å². The normalized spacial score (nSPS) is 17.9. The summed E-state index contributed by atoms with van der Waals surface area (Å²) in [5.74, 6) is 1.79. The lowest BCUT2D eigenvalue weighted by molar-refractivity contribution is 0.122. The van der Waals surface area contributed by atoms with E-state index >= 15 is 0 Å². The van der Waals surface area contributed by atoms with Crippen molar-refractivity contribution in [1.29, 1.82) is 5.26 Å². The fourth-order valence-corrected chi connectivity index (χ4v) is 6.63. The summed E-state index contributed by atoms with van der Waals surface area (Å²) in [6, 6.07) is 18.6. The fraction of sp³-hybridized carbons (Fsp3) is 0.296. The maximum atomic E-state index is 9.27. The van der Waals surface area contributed by atoms with Crippen LogP contribution in [-0.4, -0.2) is 40.8 Å². The van der Waals surface area contributed by atoms with E-state index in [9.17, 15) is 5.26 Å². The molecule has 0 radical (unpaired) electrons. The molecule has 4 aromatic rings. The molecule has 0 saturated carbocycles. The van der Waals surface area contributed by atoms with Crippen molar-refractivity contribution in [2.75, 3.05) is 31.2 Å². The van der Waals surface area contributed by atoms with Gasteiger partial charge in [0.25, 0.3) is 0 Å². The molecule has 3 heterocycles. The number of pyridine rings is 1. The zero-order valence-corrected chi connectivity index (χ0v) is 22.8. The molecule has 7 nitrogen and oxygen atoms in total. The molecular weight excluding hydrogens is 584 g/mol. The SMILES string of the molecule is N#Cc1ccc2c(c1)CCCC2Oc1ccc2c(c1)c(-c1ccnc(N3CCOCC3)c1)nn2PI. The minimum atomic E-state index is -0.0160. The number of ether oxygens (including phenoxy) is 2. The number of nitriles is 1. The van der Waals surface area contributed by atoms with Crippen LogP contribution in [0, 0.1) is 11.3 Å². The predicted octanol–water partition coefficient (Wildman–Crippen LogP) is 6.05. The second-order valence-corrected chi connectivity index (χ2v) is 11.1. The molecule has 1 aliphatic heterocycles. The Balaban J connectivity index is 1.35. The van der Waals surface area contributed by atoms with Crippen LogP contribution in [0.15, 0.2) is 54.7 Å². The van der Waals surface area contributed by atoms with Gasteiger partial charge < -0.3 is 14.4 Å². The van der Waals surface area contributed by atoms with E-state index in [1.54, 1.807) is 0 Å². The Hall–Kier alpha value is -2.73. The third-order valence-electron chi connectivity index (χ3n) is 6.90. The van der Waals surface area contributed by atoms with Crippen molar-refractivity contribution in [3.63, 3.8) is 0 Å². The Kier molecular flexibility index (Phi) is 6.79. The summed E-state index contributed by atoms with van der Waals surface area (Å²) in [5, 5.41) is 15.3. The number of hydrogen-bond donors (Lipinski definition) is 0. The monoisotopic (exact) mass is 609 g/mol.